The number of aliphatic imine (C=N–C) groups is 1. The molecular formula is C22H30FIN4O. The number of carbonyl (C=O) groups excluding carboxylic acids is 1. The van der Waals surface area contributed by atoms with Gasteiger partial charge in [-0.05, 0) is 42.7 Å². The van der Waals surface area contributed by atoms with Crippen LogP contribution in [-0.4, -0.2) is 25.0 Å². The first-order valence-corrected chi connectivity index (χ1v) is 9.65. The minimum absolute atomic E-state index is 0. The fourth-order valence-corrected chi connectivity index (χ4v) is 2.51. The van der Waals surface area contributed by atoms with Gasteiger partial charge in [0.15, 0.2) is 5.96 Å². The van der Waals surface area contributed by atoms with E-state index < -0.39 is 0 Å². The van der Waals surface area contributed by atoms with E-state index in [1.807, 2.05) is 51.1 Å². The van der Waals surface area contributed by atoms with Crippen LogP contribution in [0.15, 0.2) is 53.5 Å². The van der Waals surface area contributed by atoms with Crippen LogP contribution in [0.3, 0.4) is 0 Å². The Morgan fingerprint density at radius 3 is 2.38 bits per heavy atom. The number of benzene rings is 2. The molecule has 0 radical (unpaired) electrons. The van der Waals surface area contributed by atoms with E-state index in [4.69, 9.17) is 0 Å². The molecule has 3 N–H and O–H groups in total. The van der Waals surface area contributed by atoms with Gasteiger partial charge in [-0.15, -0.1) is 24.0 Å². The summed E-state index contributed by atoms with van der Waals surface area (Å²) in [6.45, 7) is 7.56. The molecule has 0 aromatic heterocycles. The van der Waals surface area contributed by atoms with Crippen molar-refractivity contribution in [3.63, 3.8) is 0 Å². The second kappa shape index (κ2) is 13.1. The van der Waals surface area contributed by atoms with Crippen molar-refractivity contribution in [3.05, 3.63) is 65.5 Å². The minimum atomic E-state index is -0.184. The van der Waals surface area contributed by atoms with Crippen LogP contribution < -0.4 is 16.0 Å². The fourth-order valence-electron chi connectivity index (χ4n) is 2.51. The van der Waals surface area contributed by atoms with Gasteiger partial charge < -0.3 is 16.0 Å². The summed E-state index contributed by atoms with van der Waals surface area (Å²) in [5, 5.41) is 9.30. The van der Waals surface area contributed by atoms with Crippen LogP contribution in [0.1, 0.15) is 31.9 Å². The molecule has 0 saturated carbocycles. The van der Waals surface area contributed by atoms with Crippen LogP contribution in [0.4, 0.5) is 10.1 Å². The van der Waals surface area contributed by atoms with Gasteiger partial charge in [0.1, 0.15) is 5.82 Å². The molecular weight excluding hydrogens is 482 g/mol. The summed E-state index contributed by atoms with van der Waals surface area (Å²) in [6.07, 6.45) is 0.585. The van der Waals surface area contributed by atoms with E-state index in [0.29, 0.717) is 31.0 Å². The van der Waals surface area contributed by atoms with Crippen molar-refractivity contribution in [3.8, 4) is 0 Å². The molecule has 0 aliphatic rings. The van der Waals surface area contributed by atoms with Crippen LogP contribution in [-0.2, 0) is 17.8 Å². The molecule has 0 fully saturated rings. The lowest BCUT2D eigenvalue weighted by Crippen LogP contribution is -2.38. The number of nitrogens with zero attached hydrogens (tertiary/aromatic N) is 1. The lowest BCUT2D eigenvalue weighted by Gasteiger charge is -2.12. The zero-order valence-corrected chi connectivity index (χ0v) is 19.5. The first-order valence-electron chi connectivity index (χ1n) is 9.65. The highest BCUT2D eigenvalue weighted by atomic mass is 127. The van der Waals surface area contributed by atoms with Crippen molar-refractivity contribution in [1.29, 1.82) is 0 Å². The second-order valence-electron chi connectivity index (χ2n) is 6.80. The number of halogens is 2. The van der Waals surface area contributed by atoms with Crippen molar-refractivity contribution in [2.45, 2.75) is 33.7 Å². The number of guanidine groups is 1. The molecule has 0 heterocycles. The molecule has 2 aromatic carbocycles. The lowest BCUT2D eigenvalue weighted by molar-refractivity contribution is -0.118. The third-order valence-corrected chi connectivity index (χ3v) is 4.15. The topological polar surface area (TPSA) is 65.5 Å². The Balaban J connectivity index is 0.00000420. The van der Waals surface area contributed by atoms with E-state index >= 15 is 0 Å². The first kappa shape index (κ1) is 24.9. The zero-order chi connectivity index (χ0) is 20.4. The van der Waals surface area contributed by atoms with E-state index in [1.165, 1.54) is 6.07 Å². The number of amides is 1. The summed E-state index contributed by atoms with van der Waals surface area (Å²) in [6, 6.07) is 14.4. The Morgan fingerprint density at radius 2 is 1.76 bits per heavy atom. The molecule has 2 rings (SSSR count). The largest absolute Gasteiger partial charge is 0.357 e. The van der Waals surface area contributed by atoms with Crippen LogP contribution in [0.5, 0.6) is 0 Å². The molecule has 0 saturated heterocycles. The van der Waals surface area contributed by atoms with Gasteiger partial charge in [-0.25, -0.2) is 9.38 Å². The van der Waals surface area contributed by atoms with E-state index in [-0.39, 0.29) is 41.6 Å². The Bertz CT molecular complexity index is 794. The average Bonchev–Trinajstić information content (AvgIpc) is 2.68. The highest BCUT2D eigenvalue weighted by molar-refractivity contribution is 14.0. The molecule has 158 valence electrons. The minimum Gasteiger partial charge on any atom is -0.357 e. The number of rotatable bonds is 8. The van der Waals surface area contributed by atoms with Crippen LogP contribution >= 0.6 is 24.0 Å². The summed E-state index contributed by atoms with van der Waals surface area (Å²) in [7, 11) is 0. The average molecular weight is 512 g/mol. The second-order valence-corrected chi connectivity index (χ2v) is 6.80. The Hall–Kier alpha value is -2.16. The van der Waals surface area contributed by atoms with Crippen LogP contribution in [0, 0.1) is 11.7 Å². The van der Waals surface area contributed by atoms with Crippen LogP contribution in [0.25, 0.3) is 0 Å². The molecule has 0 unspecified atom stereocenters. The van der Waals surface area contributed by atoms with Crippen LogP contribution in [0.2, 0.25) is 0 Å². The van der Waals surface area contributed by atoms with Gasteiger partial charge in [-0.2, -0.15) is 0 Å². The van der Waals surface area contributed by atoms with Gasteiger partial charge in [0.2, 0.25) is 5.91 Å². The van der Waals surface area contributed by atoms with E-state index in [9.17, 15) is 9.18 Å². The smallest absolute Gasteiger partial charge is 0.226 e. The summed E-state index contributed by atoms with van der Waals surface area (Å²) in [4.78, 5) is 16.3. The molecule has 7 heteroatoms. The molecule has 0 aliphatic carbocycles. The summed E-state index contributed by atoms with van der Waals surface area (Å²) in [5.74, 6) is 0.452. The molecule has 0 atom stereocenters. The highest BCUT2D eigenvalue weighted by Crippen LogP contribution is 2.12. The molecule has 0 spiro atoms. The standard InChI is InChI=1S/C22H29FN4O.HI/c1-4-24-22(25-14-13-18-7-5-6-8-20(18)23)26-15-17-9-11-19(12-10-17)27-21(28)16(2)3;/h5-12,16H,4,13-15H2,1-3H3,(H,27,28)(H2,24,25,26);1H. The predicted molar refractivity (Wildman–Crippen MR) is 128 cm³/mol. The third-order valence-electron chi connectivity index (χ3n) is 4.15. The highest BCUT2D eigenvalue weighted by Gasteiger charge is 2.07. The van der Waals surface area contributed by atoms with Crippen molar-refractivity contribution < 1.29 is 9.18 Å². The first-order chi connectivity index (χ1) is 13.5. The third kappa shape index (κ3) is 8.81. The molecule has 5 nitrogen and oxygen atoms in total. The SMILES string of the molecule is CCNC(=NCc1ccc(NC(=O)C(C)C)cc1)NCCc1ccccc1F.I. The summed E-state index contributed by atoms with van der Waals surface area (Å²) >= 11 is 0. The van der Waals surface area contributed by atoms with E-state index in [0.717, 1.165) is 17.8 Å². The van der Waals surface area contributed by atoms with Gasteiger partial charge >= 0.3 is 0 Å². The maximum absolute atomic E-state index is 13.7. The van der Waals surface area contributed by atoms with Gasteiger partial charge in [0, 0.05) is 24.7 Å². The van der Waals surface area contributed by atoms with Crippen molar-refractivity contribution in [2.24, 2.45) is 10.9 Å². The maximum Gasteiger partial charge on any atom is 0.226 e. The molecule has 29 heavy (non-hydrogen) atoms. The zero-order valence-electron chi connectivity index (χ0n) is 17.2. The van der Waals surface area contributed by atoms with Crippen molar-refractivity contribution >= 4 is 41.5 Å². The van der Waals surface area contributed by atoms with Gasteiger partial charge in [-0.3, -0.25) is 4.79 Å². The maximum atomic E-state index is 13.7. The normalized spacial score (nSPS) is 11.0. The van der Waals surface area contributed by atoms with Crippen molar-refractivity contribution in [2.75, 3.05) is 18.4 Å². The van der Waals surface area contributed by atoms with E-state index in [2.05, 4.69) is 20.9 Å². The Morgan fingerprint density at radius 1 is 1.07 bits per heavy atom. The monoisotopic (exact) mass is 512 g/mol. The number of anilines is 1. The van der Waals surface area contributed by atoms with Gasteiger partial charge in [-0.1, -0.05) is 44.2 Å². The quantitative estimate of drug-likeness (QED) is 0.280. The number of nitrogens with one attached hydrogen (secondary N) is 3. The van der Waals surface area contributed by atoms with Crippen molar-refractivity contribution in [1.82, 2.24) is 10.6 Å². The molecule has 0 bridgehead atoms. The number of carbonyl (C=O) groups is 1. The number of hydrogen-bond acceptors (Lipinski definition) is 2. The molecule has 0 aliphatic heterocycles. The Labute approximate surface area is 189 Å². The lowest BCUT2D eigenvalue weighted by atomic mass is 10.1. The van der Waals surface area contributed by atoms with Gasteiger partial charge in [0.25, 0.3) is 0 Å². The van der Waals surface area contributed by atoms with Gasteiger partial charge in [0.05, 0.1) is 6.54 Å². The predicted octanol–water partition coefficient (Wildman–Crippen LogP) is 4.34. The fraction of sp³-hybridized carbons (Fsp3) is 0.364. The Kier molecular flexibility index (Phi) is 11.3. The summed E-state index contributed by atoms with van der Waals surface area (Å²) in [5.41, 5.74) is 2.50. The van der Waals surface area contributed by atoms with E-state index in [1.54, 1.807) is 12.1 Å². The number of hydrogen-bond donors (Lipinski definition) is 3. The summed E-state index contributed by atoms with van der Waals surface area (Å²) < 4.78 is 13.7. The molecule has 1 amide bonds. The molecule has 2 aromatic rings.